The van der Waals surface area contributed by atoms with Crippen molar-refractivity contribution in [3.8, 4) is 0 Å². The number of nitrogens with one attached hydrogen (secondary N) is 3. The maximum absolute atomic E-state index is 12.6. The van der Waals surface area contributed by atoms with E-state index >= 15 is 0 Å². The Morgan fingerprint density at radius 2 is 1.97 bits per heavy atom. The molecule has 2 aromatic heterocycles. The average Bonchev–Trinajstić information content (AvgIpc) is 3.54. The highest BCUT2D eigenvalue weighted by molar-refractivity contribution is 7.89. The molecule has 3 aliphatic rings. The SMILES string of the molecule is Cn1cc(Nc2ncc(Cl)c(N[C@@H]3COC4C(NS(=O)(=O)CC5CCCO5)COC43)n2)cn1. The molecule has 0 radical (unpaired) electrons. The lowest BCUT2D eigenvalue weighted by Crippen LogP contribution is -2.46. The zero-order valence-electron chi connectivity index (χ0n) is 18.0. The van der Waals surface area contributed by atoms with Gasteiger partial charge in [0.2, 0.25) is 16.0 Å². The van der Waals surface area contributed by atoms with E-state index in [0.717, 1.165) is 18.5 Å². The molecule has 33 heavy (non-hydrogen) atoms. The van der Waals surface area contributed by atoms with E-state index < -0.39 is 22.2 Å². The molecule has 3 N–H and O–H groups in total. The van der Waals surface area contributed by atoms with Gasteiger partial charge < -0.3 is 24.8 Å². The summed E-state index contributed by atoms with van der Waals surface area (Å²) in [5, 5.41) is 10.8. The van der Waals surface area contributed by atoms with E-state index in [1.807, 2.05) is 7.05 Å². The third-order valence-electron chi connectivity index (χ3n) is 5.84. The number of aryl methyl sites for hydroxylation is 1. The van der Waals surface area contributed by atoms with Crippen molar-refractivity contribution in [2.75, 3.05) is 36.2 Å². The van der Waals surface area contributed by atoms with Gasteiger partial charge in [-0.1, -0.05) is 11.6 Å². The van der Waals surface area contributed by atoms with E-state index in [4.69, 9.17) is 25.8 Å². The first-order valence-electron chi connectivity index (χ1n) is 10.8. The third-order valence-corrected chi connectivity index (χ3v) is 7.59. The van der Waals surface area contributed by atoms with Gasteiger partial charge in [0.1, 0.15) is 17.2 Å². The van der Waals surface area contributed by atoms with Crippen LogP contribution in [0.5, 0.6) is 0 Å². The van der Waals surface area contributed by atoms with Gasteiger partial charge in [-0.3, -0.25) is 4.68 Å². The maximum Gasteiger partial charge on any atom is 0.229 e. The number of anilines is 3. The van der Waals surface area contributed by atoms with Crippen LogP contribution in [0.25, 0.3) is 0 Å². The van der Waals surface area contributed by atoms with Gasteiger partial charge in [-0.05, 0) is 12.8 Å². The highest BCUT2D eigenvalue weighted by Crippen LogP contribution is 2.31. The molecule has 5 rings (SSSR count). The van der Waals surface area contributed by atoms with Gasteiger partial charge in [-0.15, -0.1) is 0 Å². The van der Waals surface area contributed by atoms with E-state index in [-0.39, 0.29) is 30.6 Å². The summed E-state index contributed by atoms with van der Waals surface area (Å²) in [7, 11) is -1.70. The molecule has 5 heterocycles. The van der Waals surface area contributed by atoms with Gasteiger partial charge >= 0.3 is 0 Å². The minimum atomic E-state index is -3.52. The van der Waals surface area contributed by atoms with Crippen molar-refractivity contribution in [2.45, 2.75) is 43.2 Å². The van der Waals surface area contributed by atoms with Gasteiger partial charge in [0, 0.05) is 19.9 Å². The lowest BCUT2D eigenvalue weighted by atomic mass is 10.1. The van der Waals surface area contributed by atoms with Crippen LogP contribution in [0, 0.1) is 0 Å². The Balaban J connectivity index is 1.21. The summed E-state index contributed by atoms with van der Waals surface area (Å²) in [5.74, 6) is 0.738. The summed E-state index contributed by atoms with van der Waals surface area (Å²) in [6, 6.07) is -0.710. The molecular weight excluding hydrogens is 474 g/mol. The fourth-order valence-corrected chi connectivity index (χ4v) is 6.00. The summed E-state index contributed by atoms with van der Waals surface area (Å²) in [4.78, 5) is 8.65. The number of fused-ring (bicyclic) bond motifs is 1. The van der Waals surface area contributed by atoms with Crippen molar-refractivity contribution < 1.29 is 22.6 Å². The van der Waals surface area contributed by atoms with E-state index in [9.17, 15) is 8.42 Å². The number of halogens is 1. The molecule has 180 valence electrons. The smallest absolute Gasteiger partial charge is 0.229 e. The Hall–Kier alpha value is -2.03. The Morgan fingerprint density at radius 1 is 1.18 bits per heavy atom. The molecule has 0 aromatic carbocycles. The quantitative estimate of drug-likeness (QED) is 0.474. The summed E-state index contributed by atoms with van der Waals surface area (Å²) < 4.78 is 46.8. The second-order valence-corrected chi connectivity index (χ2v) is 10.6. The number of sulfonamides is 1. The van der Waals surface area contributed by atoms with Gasteiger partial charge in [0.05, 0.1) is 55.2 Å². The van der Waals surface area contributed by atoms with Crippen LogP contribution in [0.3, 0.4) is 0 Å². The standard InChI is InChI=1S/C19H26ClN7O5S/c1-27-7-11(5-22-27)23-19-21-6-13(20)18(25-19)24-14-8-31-17-15(9-32-16(14)17)26-33(28,29)10-12-3-2-4-30-12/h5-7,12,14-17,26H,2-4,8-10H2,1H3,(H2,21,23,24,25)/t12?,14-,15?,16?,17?/m1/s1. The minimum absolute atomic E-state index is 0.0498. The molecule has 0 aliphatic carbocycles. The van der Waals surface area contributed by atoms with Gasteiger partial charge in [0.15, 0.2) is 5.82 Å². The predicted molar refractivity (Wildman–Crippen MR) is 120 cm³/mol. The molecule has 3 saturated heterocycles. The van der Waals surface area contributed by atoms with Crippen molar-refractivity contribution in [3.05, 3.63) is 23.6 Å². The summed E-state index contributed by atoms with van der Waals surface area (Å²) >= 11 is 6.30. The van der Waals surface area contributed by atoms with Crippen LogP contribution in [0.1, 0.15) is 12.8 Å². The first kappa shape index (κ1) is 22.7. The first-order valence-corrected chi connectivity index (χ1v) is 12.8. The number of hydrogen-bond acceptors (Lipinski definition) is 10. The third kappa shape index (κ3) is 5.23. The topological polar surface area (TPSA) is 142 Å². The largest absolute Gasteiger partial charge is 0.377 e. The van der Waals surface area contributed by atoms with Crippen molar-refractivity contribution in [3.63, 3.8) is 0 Å². The summed E-state index contributed by atoms with van der Waals surface area (Å²) in [6.45, 7) is 1.16. The molecule has 2 aromatic rings. The van der Waals surface area contributed by atoms with Gasteiger partial charge in [-0.2, -0.15) is 10.1 Å². The minimum Gasteiger partial charge on any atom is -0.377 e. The van der Waals surface area contributed by atoms with Crippen molar-refractivity contribution >= 4 is 39.1 Å². The number of nitrogens with zero attached hydrogens (tertiary/aromatic N) is 4. The van der Waals surface area contributed by atoms with E-state index in [2.05, 4.69) is 30.4 Å². The van der Waals surface area contributed by atoms with Crippen LogP contribution >= 0.6 is 11.6 Å². The van der Waals surface area contributed by atoms with Crippen LogP contribution in [-0.4, -0.2) is 84.1 Å². The molecule has 0 spiro atoms. The maximum atomic E-state index is 12.6. The molecule has 3 aliphatic heterocycles. The number of ether oxygens (including phenoxy) is 3. The zero-order chi connectivity index (χ0) is 23.0. The first-order chi connectivity index (χ1) is 15.9. The fraction of sp³-hybridized carbons (Fsp3) is 0.632. The lowest BCUT2D eigenvalue weighted by Gasteiger charge is -2.20. The second kappa shape index (κ2) is 9.31. The molecule has 5 atom stereocenters. The molecule has 12 nitrogen and oxygen atoms in total. The normalized spacial score (nSPS) is 29.3. The lowest BCUT2D eigenvalue weighted by molar-refractivity contribution is 0.0690. The average molecular weight is 500 g/mol. The van der Waals surface area contributed by atoms with E-state index in [1.54, 1.807) is 17.1 Å². The summed E-state index contributed by atoms with van der Waals surface area (Å²) in [6.07, 6.45) is 5.60. The van der Waals surface area contributed by atoms with Crippen molar-refractivity contribution in [1.29, 1.82) is 0 Å². The van der Waals surface area contributed by atoms with E-state index in [1.165, 1.54) is 6.20 Å². The molecule has 14 heteroatoms. The molecule has 3 fully saturated rings. The zero-order valence-corrected chi connectivity index (χ0v) is 19.6. The molecule has 0 amide bonds. The van der Waals surface area contributed by atoms with Crippen molar-refractivity contribution in [2.24, 2.45) is 7.05 Å². The van der Waals surface area contributed by atoms with Crippen molar-refractivity contribution in [1.82, 2.24) is 24.5 Å². The molecule has 0 bridgehead atoms. The fourth-order valence-electron chi connectivity index (χ4n) is 4.34. The predicted octanol–water partition coefficient (Wildman–Crippen LogP) is 0.652. The molecule has 0 saturated carbocycles. The monoisotopic (exact) mass is 499 g/mol. The number of hydrogen-bond donors (Lipinski definition) is 3. The second-order valence-electron chi connectivity index (χ2n) is 8.41. The van der Waals surface area contributed by atoms with Gasteiger partial charge in [0.25, 0.3) is 0 Å². The van der Waals surface area contributed by atoms with Crippen LogP contribution < -0.4 is 15.4 Å². The number of aromatic nitrogens is 4. The Kier molecular flexibility index (Phi) is 6.42. The molecular formula is C19H26ClN7O5S. The number of rotatable bonds is 8. The Labute approximate surface area is 196 Å². The highest BCUT2D eigenvalue weighted by atomic mass is 35.5. The Bertz CT molecular complexity index is 1090. The van der Waals surface area contributed by atoms with Crippen LogP contribution in [0.4, 0.5) is 17.5 Å². The Morgan fingerprint density at radius 3 is 2.70 bits per heavy atom. The van der Waals surface area contributed by atoms with E-state index in [0.29, 0.717) is 30.0 Å². The highest BCUT2D eigenvalue weighted by Gasteiger charge is 2.49. The van der Waals surface area contributed by atoms with Crippen LogP contribution in [0.2, 0.25) is 5.02 Å². The summed E-state index contributed by atoms with van der Waals surface area (Å²) in [5.41, 5.74) is 0.743. The van der Waals surface area contributed by atoms with Gasteiger partial charge in [-0.25, -0.2) is 18.1 Å². The van der Waals surface area contributed by atoms with Crippen LogP contribution in [0.15, 0.2) is 18.6 Å². The van der Waals surface area contributed by atoms with Crippen LogP contribution in [-0.2, 0) is 31.3 Å². The molecule has 4 unspecified atom stereocenters.